The van der Waals surface area contributed by atoms with Gasteiger partial charge in [0.05, 0.1) is 12.0 Å². The van der Waals surface area contributed by atoms with E-state index in [0.29, 0.717) is 12.5 Å². The highest BCUT2D eigenvalue weighted by Gasteiger charge is 2.22. The second-order valence-electron chi connectivity index (χ2n) is 6.82. The van der Waals surface area contributed by atoms with Crippen molar-refractivity contribution >= 4 is 16.9 Å². The zero-order valence-electron chi connectivity index (χ0n) is 14.6. The number of aromatic nitrogens is 3. The van der Waals surface area contributed by atoms with Crippen molar-refractivity contribution < 1.29 is 4.74 Å². The van der Waals surface area contributed by atoms with Gasteiger partial charge in [0.1, 0.15) is 17.8 Å². The first-order valence-corrected chi connectivity index (χ1v) is 8.96. The van der Waals surface area contributed by atoms with Crippen LogP contribution in [0.3, 0.4) is 0 Å². The van der Waals surface area contributed by atoms with E-state index >= 15 is 0 Å². The highest BCUT2D eigenvalue weighted by molar-refractivity contribution is 5.90. The summed E-state index contributed by atoms with van der Waals surface area (Å²) in [6.45, 7) is 5.70. The number of nitrogens with zero attached hydrogens (tertiary/aromatic N) is 3. The monoisotopic (exact) mass is 336 g/mol. The van der Waals surface area contributed by atoms with E-state index in [2.05, 4.69) is 51.0 Å². The Morgan fingerprint density at radius 2 is 1.96 bits per heavy atom. The van der Waals surface area contributed by atoms with Gasteiger partial charge in [0.25, 0.3) is 0 Å². The third-order valence-electron chi connectivity index (χ3n) is 5.03. The molecule has 0 saturated carbocycles. The van der Waals surface area contributed by atoms with Crippen molar-refractivity contribution in [2.45, 2.75) is 26.4 Å². The highest BCUT2D eigenvalue weighted by Crippen LogP contribution is 2.29. The van der Waals surface area contributed by atoms with E-state index in [0.717, 1.165) is 49.4 Å². The van der Waals surface area contributed by atoms with E-state index in [-0.39, 0.29) is 0 Å². The number of rotatable bonds is 5. The first-order chi connectivity index (χ1) is 12.3. The van der Waals surface area contributed by atoms with Crippen molar-refractivity contribution in [1.29, 1.82) is 0 Å². The first-order valence-electron chi connectivity index (χ1n) is 8.96. The lowest BCUT2D eigenvalue weighted by Crippen LogP contribution is -2.35. The summed E-state index contributed by atoms with van der Waals surface area (Å²) in [5, 5.41) is 1.15. The molecule has 1 aliphatic rings. The van der Waals surface area contributed by atoms with E-state index < -0.39 is 0 Å². The van der Waals surface area contributed by atoms with Gasteiger partial charge in [0.2, 0.25) is 0 Å². The maximum absolute atomic E-state index is 5.93. The van der Waals surface area contributed by atoms with Crippen LogP contribution in [0.5, 0.6) is 0 Å². The van der Waals surface area contributed by atoms with Crippen LogP contribution < -0.4 is 4.90 Å². The number of piperidine rings is 1. The second-order valence-corrected chi connectivity index (χ2v) is 6.82. The summed E-state index contributed by atoms with van der Waals surface area (Å²) in [5.74, 6) is 1.69. The van der Waals surface area contributed by atoms with Gasteiger partial charge in [0.15, 0.2) is 0 Å². The van der Waals surface area contributed by atoms with Crippen LogP contribution in [-0.4, -0.2) is 34.6 Å². The van der Waals surface area contributed by atoms with Crippen molar-refractivity contribution in [1.82, 2.24) is 15.0 Å². The van der Waals surface area contributed by atoms with Crippen LogP contribution in [0.4, 0.5) is 5.82 Å². The van der Waals surface area contributed by atoms with E-state index in [4.69, 9.17) is 4.74 Å². The van der Waals surface area contributed by atoms with Crippen molar-refractivity contribution in [3.05, 3.63) is 54.0 Å². The molecule has 5 nitrogen and oxygen atoms in total. The van der Waals surface area contributed by atoms with Crippen LogP contribution >= 0.6 is 0 Å². The van der Waals surface area contributed by atoms with Crippen molar-refractivity contribution in [2.75, 3.05) is 24.6 Å². The van der Waals surface area contributed by atoms with Crippen molar-refractivity contribution in [2.24, 2.45) is 5.92 Å². The maximum Gasteiger partial charge on any atom is 0.143 e. The van der Waals surface area contributed by atoms with Crippen LogP contribution in [0.15, 0.2) is 42.9 Å². The van der Waals surface area contributed by atoms with Crippen LogP contribution in [-0.2, 0) is 11.3 Å². The predicted octanol–water partition coefficient (Wildman–Crippen LogP) is 3.70. The van der Waals surface area contributed by atoms with Gasteiger partial charge in [-0.15, -0.1) is 0 Å². The summed E-state index contributed by atoms with van der Waals surface area (Å²) in [6, 6.07) is 10.4. The molecule has 25 heavy (non-hydrogen) atoms. The molecule has 0 atom stereocenters. The molecule has 0 spiro atoms. The summed E-state index contributed by atoms with van der Waals surface area (Å²) >= 11 is 0. The SMILES string of the molecule is Cc1c[nH]c2ncnc(N3CCC(COCc4ccccc4)CC3)c12. The number of fused-ring (bicyclic) bond motifs is 1. The second kappa shape index (κ2) is 7.23. The molecule has 1 fully saturated rings. The molecular formula is C20H24N4O. The number of aromatic amines is 1. The van der Waals surface area contributed by atoms with E-state index in [1.165, 1.54) is 11.1 Å². The van der Waals surface area contributed by atoms with Crippen LogP contribution in [0.2, 0.25) is 0 Å². The fraction of sp³-hybridized carbons (Fsp3) is 0.400. The average molecular weight is 336 g/mol. The normalized spacial score (nSPS) is 15.8. The molecule has 5 heteroatoms. The van der Waals surface area contributed by atoms with Crippen LogP contribution in [0.25, 0.3) is 11.0 Å². The van der Waals surface area contributed by atoms with Crippen LogP contribution in [0, 0.1) is 12.8 Å². The molecule has 130 valence electrons. The number of hydrogen-bond donors (Lipinski definition) is 1. The third-order valence-corrected chi connectivity index (χ3v) is 5.03. The minimum Gasteiger partial charge on any atom is -0.376 e. The Morgan fingerprint density at radius 1 is 1.16 bits per heavy atom. The average Bonchev–Trinajstić information content (AvgIpc) is 3.05. The number of aryl methyl sites for hydroxylation is 1. The zero-order valence-corrected chi connectivity index (χ0v) is 14.6. The molecular weight excluding hydrogens is 312 g/mol. The Labute approximate surface area is 148 Å². The van der Waals surface area contributed by atoms with Crippen molar-refractivity contribution in [3.8, 4) is 0 Å². The summed E-state index contributed by atoms with van der Waals surface area (Å²) < 4.78 is 5.93. The predicted molar refractivity (Wildman–Crippen MR) is 99.7 cm³/mol. The Hall–Kier alpha value is -2.40. The molecule has 3 heterocycles. The third kappa shape index (κ3) is 3.51. The molecule has 0 amide bonds. The summed E-state index contributed by atoms with van der Waals surface area (Å²) in [5.41, 5.74) is 3.38. The quantitative estimate of drug-likeness (QED) is 0.772. The minimum atomic E-state index is 0.629. The lowest BCUT2D eigenvalue weighted by atomic mass is 9.97. The van der Waals surface area contributed by atoms with Crippen molar-refractivity contribution in [3.63, 3.8) is 0 Å². The molecule has 2 aromatic heterocycles. The van der Waals surface area contributed by atoms with Gasteiger partial charge in [-0.3, -0.25) is 0 Å². The zero-order chi connectivity index (χ0) is 17.1. The van der Waals surface area contributed by atoms with Gasteiger partial charge in [-0.1, -0.05) is 30.3 Å². The van der Waals surface area contributed by atoms with Gasteiger partial charge in [-0.05, 0) is 36.8 Å². The molecule has 1 saturated heterocycles. The summed E-state index contributed by atoms with van der Waals surface area (Å²) in [7, 11) is 0. The van der Waals surface area contributed by atoms with Gasteiger partial charge in [0, 0.05) is 25.9 Å². The minimum absolute atomic E-state index is 0.629. The summed E-state index contributed by atoms with van der Waals surface area (Å²) in [4.78, 5) is 14.5. The molecule has 3 aromatic rings. The lowest BCUT2D eigenvalue weighted by Gasteiger charge is -2.33. The molecule has 0 bridgehead atoms. The molecule has 0 radical (unpaired) electrons. The fourth-order valence-electron chi connectivity index (χ4n) is 3.57. The van der Waals surface area contributed by atoms with E-state index in [1.807, 2.05) is 12.3 Å². The van der Waals surface area contributed by atoms with E-state index in [9.17, 15) is 0 Å². The van der Waals surface area contributed by atoms with Gasteiger partial charge < -0.3 is 14.6 Å². The number of ether oxygens (including phenoxy) is 1. The smallest absolute Gasteiger partial charge is 0.143 e. The Morgan fingerprint density at radius 3 is 2.76 bits per heavy atom. The number of hydrogen-bond acceptors (Lipinski definition) is 4. The Kier molecular flexibility index (Phi) is 4.65. The Balaban J connectivity index is 1.33. The van der Waals surface area contributed by atoms with Gasteiger partial charge >= 0.3 is 0 Å². The van der Waals surface area contributed by atoms with Gasteiger partial charge in [-0.2, -0.15) is 0 Å². The standard InChI is InChI=1S/C20H24N4O/c1-15-11-21-19-18(15)20(23-14-22-19)24-9-7-17(8-10-24)13-25-12-16-5-3-2-4-6-16/h2-6,11,14,17H,7-10,12-13H2,1H3,(H,21,22,23). The first kappa shape index (κ1) is 16.1. The lowest BCUT2D eigenvalue weighted by molar-refractivity contribution is 0.0786. The summed E-state index contributed by atoms with van der Waals surface area (Å²) in [6.07, 6.45) is 5.95. The Bertz CT molecular complexity index is 822. The van der Waals surface area contributed by atoms with Crippen LogP contribution in [0.1, 0.15) is 24.0 Å². The maximum atomic E-state index is 5.93. The number of benzene rings is 1. The molecule has 1 N–H and O–H groups in total. The number of anilines is 1. The topological polar surface area (TPSA) is 54.0 Å². The largest absolute Gasteiger partial charge is 0.376 e. The highest BCUT2D eigenvalue weighted by atomic mass is 16.5. The fourth-order valence-corrected chi connectivity index (χ4v) is 3.57. The molecule has 0 aliphatic carbocycles. The molecule has 4 rings (SSSR count). The molecule has 1 aliphatic heterocycles. The molecule has 0 unspecified atom stereocenters. The number of nitrogens with one attached hydrogen (secondary N) is 1. The van der Waals surface area contributed by atoms with Gasteiger partial charge in [-0.25, -0.2) is 9.97 Å². The van der Waals surface area contributed by atoms with E-state index in [1.54, 1.807) is 6.33 Å². The number of H-pyrrole nitrogens is 1. The molecule has 1 aromatic carbocycles.